The maximum Gasteiger partial charge on any atom is 0.237 e. The molecule has 4 rings (SSSR count). The maximum absolute atomic E-state index is 12.8. The highest BCUT2D eigenvalue weighted by Gasteiger charge is 2.24. The van der Waals surface area contributed by atoms with Crippen LogP contribution < -0.4 is 10.2 Å². The Morgan fingerprint density at radius 3 is 2.70 bits per heavy atom. The molecule has 2 aromatic carbocycles. The Bertz CT molecular complexity index is 1160. The molecule has 0 aliphatic carbocycles. The van der Waals surface area contributed by atoms with E-state index in [1.54, 1.807) is 18.2 Å². The molecule has 1 aromatic heterocycles. The fourth-order valence-corrected chi connectivity index (χ4v) is 4.48. The molecule has 1 saturated heterocycles. The van der Waals surface area contributed by atoms with Gasteiger partial charge in [0.15, 0.2) is 5.16 Å². The summed E-state index contributed by atoms with van der Waals surface area (Å²) in [5, 5.41) is 21.3. The molecule has 170 valence electrons. The smallest absolute Gasteiger partial charge is 0.237 e. The van der Waals surface area contributed by atoms with Crippen LogP contribution in [-0.4, -0.2) is 52.2 Å². The number of anilines is 2. The summed E-state index contributed by atoms with van der Waals surface area (Å²) in [6, 6.07) is 16.9. The monoisotopic (exact) mass is 482 g/mol. The number of hydrogen-bond acceptors (Lipinski definition) is 7. The second-order valence-corrected chi connectivity index (χ2v) is 9.22. The van der Waals surface area contributed by atoms with Crippen LogP contribution in [0.25, 0.3) is 0 Å². The molecular formula is C23H23ClN6O2S. The van der Waals surface area contributed by atoms with E-state index < -0.39 is 5.25 Å². The van der Waals surface area contributed by atoms with E-state index in [9.17, 15) is 4.79 Å². The van der Waals surface area contributed by atoms with Crippen LogP contribution in [0, 0.1) is 11.3 Å². The van der Waals surface area contributed by atoms with Crippen LogP contribution in [0.3, 0.4) is 0 Å². The lowest BCUT2D eigenvalue weighted by Gasteiger charge is -2.28. The minimum Gasteiger partial charge on any atom is -0.378 e. The Hall–Kier alpha value is -3.06. The number of rotatable bonds is 7. The number of carbonyl (C=O) groups excluding carboxylic acids is 1. The first-order valence-corrected chi connectivity index (χ1v) is 11.8. The molecule has 0 saturated carbocycles. The van der Waals surface area contributed by atoms with Gasteiger partial charge >= 0.3 is 0 Å². The number of nitrogens with one attached hydrogen (secondary N) is 1. The van der Waals surface area contributed by atoms with Crippen LogP contribution in [0.5, 0.6) is 0 Å². The van der Waals surface area contributed by atoms with Crippen molar-refractivity contribution in [2.45, 2.75) is 23.9 Å². The Balaban J connectivity index is 1.52. The molecule has 1 N–H and O–H groups in total. The minimum atomic E-state index is -0.435. The summed E-state index contributed by atoms with van der Waals surface area (Å²) in [4.78, 5) is 15.0. The van der Waals surface area contributed by atoms with Gasteiger partial charge in [-0.25, -0.2) is 0 Å². The van der Waals surface area contributed by atoms with Crippen LogP contribution in [0.4, 0.5) is 11.6 Å². The lowest BCUT2D eigenvalue weighted by molar-refractivity contribution is -0.115. The van der Waals surface area contributed by atoms with Gasteiger partial charge in [0.2, 0.25) is 11.9 Å². The first-order chi connectivity index (χ1) is 16.0. The number of morpholine rings is 1. The average molecular weight is 483 g/mol. The summed E-state index contributed by atoms with van der Waals surface area (Å²) in [5.74, 6) is 0.582. The lowest BCUT2D eigenvalue weighted by atomic mass is 10.2. The van der Waals surface area contributed by atoms with Crippen molar-refractivity contribution in [1.29, 1.82) is 5.26 Å². The first kappa shape index (κ1) is 23.1. The second-order valence-electron chi connectivity index (χ2n) is 7.51. The van der Waals surface area contributed by atoms with Gasteiger partial charge < -0.3 is 15.0 Å². The first-order valence-electron chi connectivity index (χ1n) is 10.5. The number of nitriles is 1. The molecule has 33 heavy (non-hydrogen) atoms. The molecule has 1 aliphatic rings. The number of halogens is 1. The highest BCUT2D eigenvalue weighted by Crippen LogP contribution is 2.28. The zero-order valence-corrected chi connectivity index (χ0v) is 19.6. The number of ether oxygens (including phenoxy) is 1. The summed E-state index contributed by atoms with van der Waals surface area (Å²) in [7, 11) is 0. The predicted molar refractivity (Wildman–Crippen MR) is 129 cm³/mol. The van der Waals surface area contributed by atoms with Gasteiger partial charge in [0.05, 0.1) is 35.6 Å². The Morgan fingerprint density at radius 1 is 1.24 bits per heavy atom. The van der Waals surface area contributed by atoms with E-state index in [1.807, 2.05) is 35.8 Å². The summed E-state index contributed by atoms with van der Waals surface area (Å²) in [6.07, 6.45) is 0. The Labute approximate surface area is 201 Å². The molecular weight excluding hydrogens is 460 g/mol. The van der Waals surface area contributed by atoms with E-state index in [0.29, 0.717) is 41.2 Å². The number of nitrogens with zero attached hydrogens (tertiary/aromatic N) is 5. The zero-order chi connectivity index (χ0) is 23.2. The van der Waals surface area contributed by atoms with Crippen LogP contribution >= 0.6 is 23.4 Å². The van der Waals surface area contributed by atoms with Gasteiger partial charge in [-0.2, -0.15) is 5.26 Å². The third kappa shape index (κ3) is 5.66. The molecule has 3 aromatic rings. The number of carbonyl (C=O) groups is 1. The largest absolute Gasteiger partial charge is 0.378 e. The maximum atomic E-state index is 12.8. The number of thioether (sulfide) groups is 1. The van der Waals surface area contributed by atoms with Gasteiger partial charge in [-0.1, -0.05) is 53.7 Å². The third-order valence-electron chi connectivity index (χ3n) is 5.18. The van der Waals surface area contributed by atoms with Crippen molar-refractivity contribution < 1.29 is 9.53 Å². The van der Waals surface area contributed by atoms with Gasteiger partial charge in [-0.05, 0) is 30.7 Å². The minimum absolute atomic E-state index is 0.192. The molecule has 10 heteroatoms. The van der Waals surface area contributed by atoms with Crippen LogP contribution in [0.1, 0.15) is 18.1 Å². The van der Waals surface area contributed by atoms with Gasteiger partial charge in [0, 0.05) is 18.8 Å². The molecule has 8 nitrogen and oxygen atoms in total. The molecule has 1 unspecified atom stereocenters. The van der Waals surface area contributed by atoms with Crippen molar-refractivity contribution in [3.63, 3.8) is 0 Å². The third-order valence-corrected chi connectivity index (χ3v) is 6.58. The molecule has 2 heterocycles. The van der Waals surface area contributed by atoms with Crippen molar-refractivity contribution in [2.24, 2.45) is 0 Å². The molecule has 1 atom stereocenters. The van der Waals surface area contributed by atoms with Gasteiger partial charge in [0.1, 0.15) is 6.07 Å². The van der Waals surface area contributed by atoms with E-state index >= 15 is 0 Å². The summed E-state index contributed by atoms with van der Waals surface area (Å²) in [5.41, 5.74) is 2.02. The Kier molecular flexibility index (Phi) is 7.50. The summed E-state index contributed by atoms with van der Waals surface area (Å²) >= 11 is 7.43. The highest BCUT2D eigenvalue weighted by atomic mass is 35.5. The average Bonchev–Trinajstić information content (AvgIpc) is 3.22. The van der Waals surface area contributed by atoms with E-state index in [2.05, 4.69) is 32.5 Å². The topological polar surface area (TPSA) is 96.1 Å². The predicted octanol–water partition coefficient (Wildman–Crippen LogP) is 3.81. The summed E-state index contributed by atoms with van der Waals surface area (Å²) < 4.78 is 7.53. The number of amides is 1. The van der Waals surface area contributed by atoms with Crippen molar-refractivity contribution in [2.75, 3.05) is 36.5 Å². The highest BCUT2D eigenvalue weighted by molar-refractivity contribution is 8.00. The normalized spacial score (nSPS) is 14.5. The van der Waals surface area contributed by atoms with Gasteiger partial charge in [-0.15, -0.1) is 10.2 Å². The molecule has 1 amide bonds. The van der Waals surface area contributed by atoms with E-state index in [-0.39, 0.29) is 5.91 Å². The van der Waals surface area contributed by atoms with Crippen molar-refractivity contribution in [3.05, 3.63) is 64.7 Å². The number of aromatic nitrogens is 3. The fraction of sp³-hybridized carbons (Fsp3) is 0.304. The summed E-state index contributed by atoms with van der Waals surface area (Å²) in [6.45, 7) is 5.20. The van der Waals surface area contributed by atoms with Crippen molar-refractivity contribution >= 4 is 40.9 Å². The van der Waals surface area contributed by atoms with Crippen LogP contribution in [-0.2, 0) is 16.1 Å². The Morgan fingerprint density at radius 2 is 2.00 bits per heavy atom. The molecule has 0 spiro atoms. The molecule has 0 radical (unpaired) electrons. The fourth-order valence-electron chi connectivity index (χ4n) is 3.41. The lowest BCUT2D eigenvalue weighted by Crippen LogP contribution is -2.38. The zero-order valence-electron chi connectivity index (χ0n) is 18.1. The van der Waals surface area contributed by atoms with E-state index in [0.717, 1.165) is 24.6 Å². The quantitative estimate of drug-likeness (QED) is 0.511. The number of hydrogen-bond donors (Lipinski definition) is 1. The van der Waals surface area contributed by atoms with Crippen LogP contribution in [0.2, 0.25) is 5.02 Å². The van der Waals surface area contributed by atoms with E-state index in [4.69, 9.17) is 21.6 Å². The van der Waals surface area contributed by atoms with Crippen molar-refractivity contribution in [1.82, 2.24) is 14.8 Å². The van der Waals surface area contributed by atoms with Gasteiger partial charge in [-0.3, -0.25) is 9.36 Å². The molecule has 1 aliphatic heterocycles. The standard InChI is InChI=1S/C23H23ClN6O2S/c1-16(21(31)26-19-8-7-18(14-25)20(24)13-19)33-23-28-27-22(29-9-11-32-12-10-29)30(23)15-17-5-3-2-4-6-17/h2-8,13,16H,9-12,15H2,1H3,(H,26,31). The SMILES string of the molecule is CC(Sc1nnc(N2CCOCC2)n1Cc1ccccc1)C(=O)Nc1ccc(C#N)c(Cl)c1. The molecule has 0 bridgehead atoms. The van der Waals surface area contributed by atoms with Crippen molar-refractivity contribution in [3.8, 4) is 6.07 Å². The van der Waals surface area contributed by atoms with Gasteiger partial charge in [0.25, 0.3) is 0 Å². The number of benzene rings is 2. The second kappa shape index (κ2) is 10.7. The molecule has 1 fully saturated rings. The van der Waals surface area contributed by atoms with E-state index in [1.165, 1.54) is 11.8 Å². The van der Waals surface area contributed by atoms with Crippen LogP contribution in [0.15, 0.2) is 53.7 Å².